The van der Waals surface area contributed by atoms with Gasteiger partial charge >= 0.3 is 0 Å². The third-order valence-electron chi connectivity index (χ3n) is 4.64. The Morgan fingerprint density at radius 3 is 2.72 bits per heavy atom. The largest absolute Gasteiger partial charge is 0.497 e. The van der Waals surface area contributed by atoms with Gasteiger partial charge in [-0.15, -0.1) is 0 Å². The zero-order chi connectivity index (χ0) is 18.1. The average molecular weight is 367 g/mol. The summed E-state index contributed by atoms with van der Waals surface area (Å²) in [6, 6.07) is 5.82. The number of nitrogens with one attached hydrogen (secondary N) is 2. The second-order valence-corrected chi connectivity index (χ2v) is 7.01. The predicted octanol–water partition coefficient (Wildman–Crippen LogP) is 2.79. The van der Waals surface area contributed by atoms with Crippen LogP contribution in [0.5, 0.6) is 5.75 Å². The van der Waals surface area contributed by atoms with Crippen LogP contribution in [0.25, 0.3) is 0 Å². The Labute approximate surface area is 156 Å². The fourth-order valence-electron chi connectivity index (χ4n) is 2.98. The molecule has 0 atom stereocenters. The van der Waals surface area contributed by atoms with Crippen LogP contribution in [0.1, 0.15) is 25.3 Å². The molecule has 1 aromatic rings. The van der Waals surface area contributed by atoms with Crippen LogP contribution in [-0.2, 0) is 6.42 Å². The first kappa shape index (κ1) is 19.9. The van der Waals surface area contributed by atoms with E-state index in [0.717, 1.165) is 48.4 Å². The van der Waals surface area contributed by atoms with E-state index in [1.807, 2.05) is 18.2 Å². The van der Waals surface area contributed by atoms with E-state index in [0.29, 0.717) is 5.92 Å². The first-order valence-electron chi connectivity index (χ1n) is 9.15. The minimum atomic E-state index is 0.697. The summed E-state index contributed by atoms with van der Waals surface area (Å²) in [7, 11) is 3.84. The molecule has 0 aromatic heterocycles. The lowest BCUT2D eigenvalue weighted by molar-refractivity contribution is 0.223. The second kappa shape index (κ2) is 10.5. The predicted molar refractivity (Wildman–Crippen MR) is 106 cm³/mol. The number of guanidine groups is 1. The van der Waals surface area contributed by atoms with E-state index in [9.17, 15) is 0 Å². The third kappa shape index (κ3) is 6.75. The number of methoxy groups -OCH3 is 1. The van der Waals surface area contributed by atoms with Crippen molar-refractivity contribution in [1.29, 1.82) is 0 Å². The average Bonchev–Trinajstić information content (AvgIpc) is 2.62. The summed E-state index contributed by atoms with van der Waals surface area (Å²) in [5.41, 5.74) is 1.11. The number of benzene rings is 1. The number of likely N-dealkylation sites (tertiary alicyclic amines) is 1. The number of aliphatic imine (C=N–C) groups is 1. The SMILES string of the molecule is CCNC(=NCC1CCN(C)CC1)NCCc1ccc(OC)cc1Cl. The first-order chi connectivity index (χ1) is 12.1. The Balaban J connectivity index is 1.81. The molecule has 1 fully saturated rings. The lowest BCUT2D eigenvalue weighted by Crippen LogP contribution is -2.39. The Kier molecular flexibility index (Phi) is 8.35. The van der Waals surface area contributed by atoms with Crippen LogP contribution in [0.2, 0.25) is 5.02 Å². The lowest BCUT2D eigenvalue weighted by Gasteiger charge is -2.28. The van der Waals surface area contributed by atoms with Crippen molar-refractivity contribution in [1.82, 2.24) is 15.5 Å². The molecule has 0 spiro atoms. The molecule has 2 rings (SSSR count). The molecular weight excluding hydrogens is 336 g/mol. The molecule has 0 aliphatic carbocycles. The van der Waals surface area contributed by atoms with Gasteiger partial charge in [-0.2, -0.15) is 0 Å². The molecule has 0 bridgehead atoms. The Morgan fingerprint density at radius 2 is 2.08 bits per heavy atom. The van der Waals surface area contributed by atoms with Gasteiger partial charge in [0.05, 0.1) is 7.11 Å². The molecule has 140 valence electrons. The molecule has 2 N–H and O–H groups in total. The van der Waals surface area contributed by atoms with Crippen LogP contribution in [0.15, 0.2) is 23.2 Å². The van der Waals surface area contributed by atoms with Crippen LogP contribution in [0.3, 0.4) is 0 Å². The van der Waals surface area contributed by atoms with Gasteiger partial charge in [-0.3, -0.25) is 4.99 Å². The minimum absolute atomic E-state index is 0.697. The maximum Gasteiger partial charge on any atom is 0.191 e. The highest BCUT2D eigenvalue weighted by molar-refractivity contribution is 6.31. The van der Waals surface area contributed by atoms with E-state index >= 15 is 0 Å². The fraction of sp³-hybridized carbons (Fsp3) is 0.632. The molecule has 0 radical (unpaired) electrons. The van der Waals surface area contributed by atoms with E-state index in [1.165, 1.54) is 25.9 Å². The maximum absolute atomic E-state index is 6.30. The molecule has 5 nitrogen and oxygen atoms in total. The quantitative estimate of drug-likeness (QED) is 0.575. The van der Waals surface area contributed by atoms with Crippen LogP contribution < -0.4 is 15.4 Å². The van der Waals surface area contributed by atoms with Crippen LogP contribution in [-0.4, -0.2) is 57.7 Å². The molecule has 1 aliphatic rings. The number of halogens is 1. The number of hydrogen-bond donors (Lipinski definition) is 2. The van der Waals surface area contributed by atoms with Crippen molar-refractivity contribution in [2.75, 3.05) is 46.9 Å². The van der Waals surface area contributed by atoms with Crippen LogP contribution in [0, 0.1) is 5.92 Å². The van der Waals surface area contributed by atoms with Crippen molar-refractivity contribution in [3.05, 3.63) is 28.8 Å². The van der Waals surface area contributed by atoms with Crippen molar-refractivity contribution in [3.63, 3.8) is 0 Å². The topological polar surface area (TPSA) is 48.9 Å². The van der Waals surface area contributed by atoms with E-state index in [1.54, 1.807) is 7.11 Å². The molecule has 25 heavy (non-hydrogen) atoms. The van der Waals surface area contributed by atoms with E-state index in [-0.39, 0.29) is 0 Å². The van der Waals surface area contributed by atoms with Gasteiger partial charge < -0.3 is 20.3 Å². The molecule has 0 unspecified atom stereocenters. The van der Waals surface area contributed by atoms with Gasteiger partial charge in [-0.05, 0) is 69.9 Å². The minimum Gasteiger partial charge on any atom is -0.497 e. The van der Waals surface area contributed by atoms with Crippen molar-refractivity contribution < 1.29 is 4.74 Å². The molecule has 1 aliphatic heterocycles. The molecule has 0 amide bonds. The van der Waals surface area contributed by atoms with Gasteiger partial charge in [-0.25, -0.2) is 0 Å². The molecule has 1 aromatic carbocycles. The van der Waals surface area contributed by atoms with Gasteiger partial charge in [0.1, 0.15) is 5.75 Å². The summed E-state index contributed by atoms with van der Waals surface area (Å²) in [5, 5.41) is 7.48. The third-order valence-corrected chi connectivity index (χ3v) is 4.99. The lowest BCUT2D eigenvalue weighted by atomic mass is 9.97. The number of hydrogen-bond acceptors (Lipinski definition) is 3. The zero-order valence-corrected chi connectivity index (χ0v) is 16.4. The maximum atomic E-state index is 6.30. The second-order valence-electron chi connectivity index (χ2n) is 6.60. The Bertz CT molecular complexity index is 556. The van der Waals surface area contributed by atoms with Crippen molar-refractivity contribution in [2.45, 2.75) is 26.2 Å². The number of rotatable bonds is 7. The van der Waals surface area contributed by atoms with Gasteiger partial charge in [-0.1, -0.05) is 17.7 Å². The summed E-state index contributed by atoms with van der Waals surface area (Å²) in [5.74, 6) is 2.38. The van der Waals surface area contributed by atoms with Crippen molar-refractivity contribution in [2.24, 2.45) is 10.9 Å². The zero-order valence-electron chi connectivity index (χ0n) is 15.6. The Morgan fingerprint density at radius 1 is 1.32 bits per heavy atom. The molecular formula is C19H31ClN4O. The number of ether oxygens (including phenoxy) is 1. The normalized spacial score (nSPS) is 16.7. The summed E-state index contributed by atoms with van der Waals surface area (Å²) in [6.45, 7) is 7.01. The summed E-state index contributed by atoms with van der Waals surface area (Å²) >= 11 is 6.30. The first-order valence-corrected chi connectivity index (χ1v) is 9.53. The van der Waals surface area contributed by atoms with Gasteiger partial charge in [0.2, 0.25) is 0 Å². The van der Waals surface area contributed by atoms with Crippen molar-refractivity contribution >= 4 is 17.6 Å². The Hall–Kier alpha value is -1.46. The highest BCUT2D eigenvalue weighted by Crippen LogP contribution is 2.22. The molecule has 1 heterocycles. The highest BCUT2D eigenvalue weighted by atomic mass is 35.5. The number of nitrogens with zero attached hydrogens (tertiary/aromatic N) is 2. The molecule has 0 saturated carbocycles. The summed E-state index contributed by atoms with van der Waals surface area (Å²) < 4.78 is 5.19. The van der Waals surface area contributed by atoms with Crippen LogP contribution >= 0.6 is 11.6 Å². The fourth-order valence-corrected chi connectivity index (χ4v) is 3.25. The van der Waals surface area contributed by atoms with Crippen LogP contribution in [0.4, 0.5) is 0 Å². The van der Waals surface area contributed by atoms with E-state index in [2.05, 4.69) is 29.5 Å². The molecule has 1 saturated heterocycles. The standard InChI is InChI=1S/C19H31ClN4O/c1-4-21-19(23-14-15-8-11-24(2)12-9-15)22-10-7-16-5-6-17(25-3)13-18(16)20/h5-6,13,15H,4,7-12,14H2,1-3H3,(H2,21,22,23). The number of piperidine rings is 1. The summed E-state index contributed by atoms with van der Waals surface area (Å²) in [4.78, 5) is 7.16. The van der Waals surface area contributed by atoms with E-state index in [4.69, 9.17) is 21.3 Å². The van der Waals surface area contributed by atoms with Gasteiger partial charge in [0, 0.05) is 24.7 Å². The highest BCUT2D eigenvalue weighted by Gasteiger charge is 2.16. The monoisotopic (exact) mass is 366 g/mol. The van der Waals surface area contributed by atoms with Gasteiger partial charge in [0.15, 0.2) is 5.96 Å². The smallest absolute Gasteiger partial charge is 0.191 e. The summed E-state index contributed by atoms with van der Waals surface area (Å²) in [6.07, 6.45) is 3.32. The molecule has 6 heteroatoms. The van der Waals surface area contributed by atoms with Crippen molar-refractivity contribution in [3.8, 4) is 5.75 Å². The van der Waals surface area contributed by atoms with E-state index < -0.39 is 0 Å². The van der Waals surface area contributed by atoms with Gasteiger partial charge in [0.25, 0.3) is 0 Å².